The van der Waals surface area contributed by atoms with Crippen LogP contribution in [0.15, 0.2) is 46.8 Å². The lowest BCUT2D eigenvalue weighted by molar-refractivity contribution is -0.122. The number of rotatable bonds is 5. The Hall–Kier alpha value is -2.54. The number of aromatic nitrogens is 2. The average molecular weight is 359 g/mol. The zero-order valence-corrected chi connectivity index (χ0v) is 14.7. The number of halogens is 1. The second kappa shape index (κ2) is 7.14. The van der Waals surface area contributed by atoms with Crippen molar-refractivity contribution in [2.75, 3.05) is 0 Å². The Bertz CT molecular complexity index is 947. The number of nitrogens with zero attached hydrogens (tertiary/aromatic N) is 2. The van der Waals surface area contributed by atoms with E-state index in [1.165, 1.54) is 34.4 Å². The van der Waals surface area contributed by atoms with Crippen LogP contribution in [0, 0.1) is 11.7 Å². The number of thiophene rings is 1. The van der Waals surface area contributed by atoms with Gasteiger partial charge in [-0.25, -0.2) is 9.37 Å². The van der Waals surface area contributed by atoms with E-state index in [0.29, 0.717) is 10.2 Å². The van der Waals surface area contributed by atoms with Gasteiger partial charge in [0.1, 0.15) is 17.2 Å². The molecule has 1 amide bonds. The Morgan fingerprint density at radius 3 is 2.68 bits per heavy atom. The van der Waals surface area contributed by atoms with Gasteiger partial charge in [-0.1, -0.05) is 26.0 Å². The SMILES string of the molecule is CC(C)C(NC(=O)Cn1cnc2sccc2c1=O)c1ccc(F)cc1. The van der Waals surface area contributed by atoms with Crippen molar-refractivity contribution in [3.8, 4) is 0 Å². The maximum absolute atomic E-state index is 13.1. The van der Waals surface area contributed by atoms with Crippen LogP contribution in [0.2, 0.25) is 0 Å². The minimum atomic E-state index is -0.320. The molecule has 1 unspecified atom stereocenters. The maximum atomic E-state index is 13.1. The predicted octanol–water partition coefficient (Wildman–Crippen LogP) is 3.11. The van der Waals surface area contributed by atoms with Gasteiger partial charge in [-0.3, -0.25) is 14.2 Å². The fourth-order valence-electron chi connectivity index (χ4n) is 2.68. The average Bonchev–Trinajstić information content (AvgIpc) is 3.05. The lowest BCUT2D eigenvalue weighted by Crippen LogP contribution is -2.36. The van der Waals surface area contributed by atoms with Gasteiger partial charge in [0.05, 0.1) is 17.8 Å². The van der Waals surface area contributed by atoms with Crippen LogP contribution in [0.1, 0.15) is 25.5 Å². The molecule has 5 nitrogen and oxygen atoms in total. The van der Waals surface area contributed by atoms with Crippen LogP contribution in [0.4, 0.5) is 4.39 Å². The van der Waals surface area contributed by atoms with Crippen LogP contribution in [0.25, 0.3) is 10.2 Å². The summed E-state index contributed by atoms with van der Waals surface area (Å²) in [6, 6.07) is 7.50. The van der Waals surface area contributed by atoms with Crippen LogP contribution in [-0.4, -0.2) is 15.5 Å². The molecule has 0 aliphatic heterocycles. The summed E-state index contributed by atoms with van der Waals surface area (Å²) >= 11 is 1.39. The number of nitrogens with one attached hydrogen (secondary N) is 1. The van der Waals surface area contributed by atoms with Gasteiger partial charge in [0.2, 0.25) is 5.91 Å². The summed E-state index contributed by atoms with van der Waals surface area (Å²) in [6.45, 7) is 3.83. The van der Waals surface area contributed by atoms with E-state index in [4.69, 9.17) is 0 Å². The van der Waals surface area contributed by atoms with Gasteiger partial charge in [-0.05, 0) is 35.1 Å². The summed E-state index contributed by atoms with van der Waals surface area (Å²) < 4.78 is 14.4. The highest BCUT2D eigenvalue weighted by atomic mass is 32.1. The van der Waals surface area contributed by atoms with Crippen molar-refractivity contribution in [2.45, 2.75) is 26.4 Å². The third-order valence-electron chi connectivity index (χ3n) is 3.98. The van der Waals surface area contributed by atoms with Crippen molar-refractivity contribution < 1.29 is 9.18 Å². The summed E-state index contributed by atoms with van der Waals surface area (Å²) in [5.41, 5.74) is 0.591. The molecular formula is C18H18FN3O2S. The van der Waals surface area contributed by atoms with E-state index >= 15 is 0 Å². The minimum Gasteiger partial charge on any atom is -0.347 e. The van der Waals surface area contributed by atoms with E-state index in [-0.39, 0.29) is 35.8 Å². The molecule has 0 aliphatic rings. The molecule has 0 radical (unpaired) electrons. The Morgan fingerprint density at radius 1 is 1.28 bits per heavy atom. The largest absolute Gasteiger partial charge is 0.347 e. The van der Waals surface area contributed by atoms with Crippen molar-refractivity contribution in [1.29, 1.82) is 0 Å². The monoisotopic (exact) mass is 359 g/mol. The molecular weight excluding hydrogens is 341 g/mol. The van der Waals surface area contributed by atoms with Gasteiger partial charge >= 0.3 is 0 Å². The van der Waals surface area contributed by atoms with E-state index in [2.05, 4.69) is 10.3 Å². The zero-order chi connectivity index (χ0) is 18.0. The lowest BCUT2D eigenvalue weighted by Gasteiger charge is -2.23. The van der Waals surface area contributed by atoms with Gasteiger partial charge in [0.15, 0.2) is 0 Å². The molecule has 3 rings (SSSR count). The normalized spacial score (nSPS) is 12.5. The van der Waals surface area contributed by atoms with E-state index < -0.39 is 0 Å². The molecule has 1 N–H and O–H groups in total. The van der Waals surface area contributed by atoms with E-state index in [1.54, 1.807) is 23.6 Å². The van der Waals surface area contributed by atoms with E-state index in [0.717, 1.165) is 5.56 Å². The highest BCUT2D eigenvalue weighted by molar-refractivity contribution is 7.16. The fraction of sp³-hybridized carbons (Fsp3) is 0.278. The first-order chi connectivity index (χ1) is 12.0. The fourth-order valence-corrected chi connectivity index (χ4v) is 3.41. The Kier molecular flexibility index (Phi) is 4.94. The molecule has 1 atom stereocenters. The van der Waals surface area contributed by atoms with Crippen LogP contribution in [0.5, 0.6) is 0 Å². The second-order valence-electron chi connectivity index (χ2n) is 6.16. The Morgan fingerprint density at radius 2 is 2.00 bits per heavy atom. The molecule has 130 valence electrons. The van der Waals surface area contributed by atoms with Crippen LogP contribution in [-0.2, 0) is 11.3 Å². The number of hydrogen-bond donors (Lipinski definition) is 1. The zero-order valence-electron chi connectivity index (χ0n) is 13.9. The van der Waals surface area contributed by atoms with Crippen molar-refractivity contribution in [3.05, 3.63) is 63.8 Å². The van der Waals surface area contributed by atoms with Gasteiger partial charge in [0.25, 0.3) is 5.56 Å². The van der Waals surface area contributed by atoms with Crippen molar-refractivity contribution in [3.63, 3.8) is 0 Å². The van der Waals surface area contributed by atoms with Gasteiger partial charge in [0, 0.05) is 0 Å². The van der Waals surface area contributed by atoms with Gasteiger partial charge in [-0.15, -0.1) is 11.3 Å². The van der Waals surface area contributed by atoms with Crippen molar-refractivity contribution >= 4 is 27.5 Å². The quantitative estimate of drug-likeness (QED) is 0.761. The number of carbonyl (C=O) groups is 1. The van der Waals surface area contributed by atoms with Crippen LogP contribution in [0.3, 0.4) is 0 Å². The predicted molar refractivity (Wildman–Crippen MR) is 96.0 cm³/mol. The Balaban J connectivity index is 1.78. The van der Waals surface area contributed by atoms with E-state index in [9.17, 15) is 14.0 Å². The molecule has 1 aromatic carbocycles. The van der Waals surface area contributed by atoms with Crippen molar-refractivity contribution in [2.24, 2.45) is 5.92 Å². The summed E-state index contributed by atoms with van der Waals surface area (Å²) in [4.78, 5) is 29.6. The first-order valence-corrected chi connectivity index (χ1v) is 8.81. The number of benzene rings is 1. The summed E-state index contributed by atoms with van der Waals surface area (Å²) in [6.07, 6.45) is 1.39. The summed E-state index contributed by atoms with van der Waals surface area (Å²) in [7, 11) is 0. The molecule has 0 aliphatic carbocycles. The number of carbonyl (C=O) groups excluding carboxylic acids is 1. The van der Waals surface area contributed by atoms with Gasteiger partial charge < -0.3 is 5.32 Å². The smallest absolute Gasteiger partial charge is 0.262 e. The molecule has 0 spiro atoms. The number of amides is 1. The van der Waals surface area contributed by atoms with Gasteiger partial charge in [-0.2, -0.15) is 0 Å². The van der Waals surface area contributed by atoms with Crippen LogP contribution < -0.4 is 10.9 Å². The third-order valence-corrected chi connectivity index (χ3v) is 4.80. The molecule has 2 aromatic heterocycles. The standard InChI is InChI=1S/C18H18FN3O2S/c1-11(2)16(12-3-5-13(19)6-4-12)21-15(23)9-22-10-20-17-14(18(22)24)7-8-25-17/h3-8,10-11,16H,9H2,1-2H3,(H,21,23). The summed E-state index contributed by atoms with van der Waals surface area (Å²) in [5.74, 6) is -0.496. The molecule has 0 saturated carbocycles. The van der Waals surface area contributed by atoms with E-state index in [1.807, 2.05) is 13.8 Å². The maximum Gasteiger partial charge on any atom is 0.262 e. The molecule has 7 heteroatoms. The number of fused-ring (bicyclic) bond motifs is 1. The molecule has 2 heterocycles. The molecule has 0 saturated heterocycles. The number of hydrogen-bond acceptors (Lipinski definition) is 4. The molecule has 25 heavy (non-hydrogen) atoms. The third kappa shape index (κ3) is 3.76. The first kappa shape index (κ1) is 17.3. The lowest BCUT2D eigenvalue weighted by atomic mass is 9.96. The second-order valence-corrected chi connectivity index (χ2v) is 7.05. The Labute approximate surface area is 148 Å². The molecule has 3 aromatic rings. The minimum absolute atomic E-state index is 0.109. The highest BCUT2D eigenvalue weighted by Crippen LogP contribution is 2.22. The first-order valence-electron chi connectivity index (χ1n) is 7.93. The molecule has 0 fully saturated rings. The van der Waals surface area contributed by atoms with Crippen LogP contribution >= 0.6 is 11.3 Å². The molecule has 0 bridgehead atoms. The summed E-state index contributed by atoms with van der Waals surface area (Å²) in [5, 5.41) is 5.24. The topological polar surface area (TPSA) is 64.0 Å². The highest BCUT2D eigenvalue weighted by Gasteiger charge is 2.19. The van der Waals surface area contributed by atoms with Crippen molar-refractivity contribution in [1.82, 2.24) is 14.9 Å².